The second-order valence-corrected chi connectivity index (χ2v) is 5.95. The van der Waals surface area contributed by atoms with E-state index in [0.29, 0.717) is 5.02 Å². The molecule has 0 aliphatic carbocycles. The molecule has 0 aliphatic heterocycles. The number of hydrogen-bond acceptors (Lipinski definition) is 5. The quantitative estimate of drug-likeness (QED) is 0.720. The second-order valence-electron chi connectivity index (χ2n) is 4.25. The molecule has 1 aromatic heterocycles. The lowest BCUT2D eigenvalue weighted by atomic mass is 10.2. The fourth-order valence-corrected chi connectivity index (χ4v) is 2.74. The number of anilines is 1. The van der Waals surface area contributed by atoms with Gasteiger partial charge in [-0.25, -0.2) is 4.98 Å². The number of nitrogens with zero attached hydrogens (tertiary/aromatic N) is 1. The van der Waals surface area contributed by atoms with Crippen molar-refractivity contribution in [2.45, 2.75) is 6.92 Å². The van der Waals surface area contributed by atoms with Gasteiger partial charge < -0.3 is 5.32 Å². The highest BCUT2D eigenvalue weighted by Gasteiger charge is 2.14. The number of aromatic nitrogens is 1. The van der Waals surface area contributed by atoms with Crippen molar-refractivity contribution < 1.29 is 14.4 Å². The smallest absolute Gasteiger partial charge is 0.289 e. The molecule has 0 saturated carbocycles. The molecule has 2 rings (SSSR count). The SMILES string of the molecule is CC(=O)Nc1nc(C(=O)NNC(=O)c2ccc(Cl)cc2Cl)cs1. The van der Waals surface area contributed by atoms with Crippen LogP contribution >= 0.6 is 34.5 Å². The van der Waals surface area contributed by atoms with Gasteiger partial charge in [0.1, 0.15) is 5.69 Å². The van der Waals surface area contributed by atoms with Crippen molar-refractivity contribution in [3.8, 4) is 0 Å². The maximum Gasteiger partial charge on any atom is 0.289 e. The molecule has 1 heterocycles. The topological polar surface area (TPSA) is 100 Å². The predicted molar refractivity (Wildman–Crippen MR) is 87.8 cm³/mol. The van der Waals surface area contributed by atoms with E-state index in [1.807, 2.05) is 0 Å². The van der Waals surface area contributed by atoms with Crippen LogP contribution in [0.5, 0.6) is 0 Å². The number of hydrazine groups is 1. The molecule has 0 spiro atoms. The van der Waals surface area contributed by atoms with Crippen LogP contribution in [0.2, 0.25) is 10.0 Å². The molecule has 0 saturated heterocycles. The first-order valence-corrected chi connectivity index (χ1v) is 7.79. The standard InChI is InChI=1S/C13H10Cl2N4O3S/c1-6(20)16-13-17-10(5-23-13)12(22)19-18-11(21)8-3-2-7(14)4-9(8)15/h2-5H,1H3,(H,18,21)(H,19,22)(H,16,17,20). The summed E-state index contributed by atoms with van der Waals surface area (Å²) in [6, 6.07) is 4.36. The van der Waals surface area contributed by atoms with Crippen molar-refractivity contribution in [2.75, 3.05) is 5.32 Å². The molecular weight excluding hydrogens is 363 g/mol. The Morgan fingerprint density at radius 1 is 1.13 bits per heavy atom. The summed E-state index contributed by atoms with van der Waals surface area (Å²) in [5.41, 5.74) is 4.64. The molecule has 23 heavy (non-hydrogen) atoms. The van der Waals surface area contributed by atoms with Crippen LogP contribution in [0.15, 0.2) is 23.6 Å². The zero-order chi connectivity index (χ0) is 17.0. The Labute approximate surface area is 145 Å². The summed E-state index contributed by atoms with van der Waals surface area (Å²) >= 11 is 12.7. The number of carbonyl (C=O) groups excluding carboxylic acids is 3. The van der Waals surface area contributed by atoms with Crippen molar-refractivity contribution in [1.29, 1.82) is 0 Å². The Morgan fingerprint density at radius 2 is 1.83 bits per heavy atom. The summed E-state index contributed by atoms with van der Waals surface area (Å²) in [6.07, 6.45) is 0. The van der Waals surface area contributed by atoms with Gasteiger partial charge in [0.2, 0.25) is 5.91 Å². The predicted octanol–water partition coefficient (Wildman–Crippen LogP) is 2.48. The molecule has 3 N–H and O–H groups in total. The van der Waals surface area contributed by atoms with E-state index in [1.165, 1.54) is 30.5 Å². The second kappa shape index (κ2) is 7.40. The summed E-state index contributed by atoms with van der Waals surface area (Å²) in [6.45, 7) is 1.33. The molecule has 10 heteroatoms. The lowest BCUT2D eigenvalue weighted by molar-refractivity contribution is -0.114. The minimum atomic E-state index is -0.628. The van der Waals surface area contributed by atoms with E-state index in [0.717, 1.165) is 11.3 Å². The molecule has 0 atom stereocenters. The van der Waals surface area contributed by atoms with E-state index in [-0.39, 0.29) is 27.3 Å². The van der Waals surface area contributed by atoms with Crippen LogP contribution in [-0.2, 0) is 4.79 Å². The highest BCUT2D eigenvalue weighted by Crippen LogP contribution is 2.20. The largest absolute Gasteiger partial charge is 0.302 e. The highest BCUT2D eigenvalue weighted by atomic mass is 35.5. The molecule has 0 unspecified atom stereocenters. The van der Waals surface area contributed by atoms with Gasteiger partial charge in [0.25, 0.3) is 11.8 Å². The zero-order valence-corrected chi connectivity index (χ0v) is 14.0. The number of nitrogens with one attached hydrogen (secondary N) is 3. The zero-order valence-electron chi connectivity index (χ0n) is 11.6. The average molecular weight is 373 g/mol. The third kappa shape index (κ3) is 4.65. The van der Waals surface area contributed by atoms with Crippen LogP contribution in [0.25, 0.3) is 0 Å². The molecule has 0 aliphatic rings. The third-order valence-corrected chi connectivity index (χ3v) is 3.79. The van der Waals surface area contributed by atoms with Crippen molar-refractivity contribution in [3.05, 3.63) is 44.9 Å². The van der Waals surface area contributed by atoms with Crippen molar-refractivity contribution >= 4 is 57.4 Å². The molecular formula is C13H10Cl2N4O3S. The summed E-state index contributed by atoms with van der Waals surface area (Å²) in [5, 5.41) is 4.74. The van der Waals surface area contributed by atoms with Gasteiger partial charge in [-0.05, 0) is 18.2 Å². The Kier molecular flexibility index (Phi) is 5.54. The van der Waals surface area contributed by atoms with E-state index in [9.17, 15) is 14.4 Å². The van der Waals surface area contributed by atoms with Crippen LogP contribution in [0.1, 0.15) is 27.8 Å². The van der Waals surface area contributed by atoms with Gasteiger partial charge in [0, 0.05) is 17.3 Å². The summed E-state index contributed by atoms with van der Waals surface area (Å²) in [4.78, 5) is 38.6. The van der Waals surface area contributed by atoms with Gasteiger partial charge in [-0.15, -0.1) is 11.3 Å². The monoisotopic (exact) mass is 372 g/mol. The van der Waals surface area contributed by atoms with Gasteiger partial charge >= 0.3 is 0 Å². The maximum absolute atomic E-state index is 11.9. The number of halogens is 2. The lowest BCUT2D eigenvalue weighted by Gasteiger charge is -2.07. The summed E-state index contributed by atoms with van der Waals surface area (Å²) in [5.74, 6) is -1.52. The van der Waals surface area contributed by atoms with Crippen molar-refractivity contribution in [3.63, 3.8) is 0 Å². The fourth-order valence-electron chi connectivity index (χ4n) is 1.50. The van der Waals surface area contributed by atoms with Gasteiger partial charge in [-0.3, -0.25) is 25.2 Å². The van der Waals surface area contributed by atoms with Gasteiger partial charge in [-0.2, -0.15) is 0 Å². The molecule has 0 radical (unpaired) electrons. The maximum atomic E-state index is 11.9. The molecule has 120 valence electrons. The number of thiazole rings is 1. The molecule has 7 nitrogen and oxygen atoms in total. The Bertz CT molecular complexity index is 778. The number of carbonyl (C=O) groups is 3. The van der Waals surface area contributed by atoms with E-state index < -0.39 is 11.8 Å². The Morgan fingerprint density at radius 3 is 2.48 bits per heavy atom. The van der Waals surface area contributed by atoms with Gasteiger partial charge in [-0.1, -0.05) is 23.2 Å². The molecule has 2 aromatic rings. The Balaban J connectivity index is 1.97. The lowest BCUT2D eigenvalue weighted by Crippen LogP contribution is -2.41. The highest BCUT2D eigenvalue weighted by molar-refractivity contribution is 7.14. The minimum Gasteiger partial charge on any atom is -0.302 e. The number of hydrogen-bond donors (Lipinski definition) is 3. The van der Waals surface area contributed by atoms with E-state index in [2.05, 4.69) is 21.2 Å². The average Bonchev–Trinajstić information content (AvgIpc) is 2.92. The van der Waals surface area contributed by atoms with Crippen LogP contribution in [0.3, 0.4) is 0 Å². The Hall–Kier alpha value is -2.16. The van der Waals surface area contributed by atoms with Gasteiger partial charge in [0.15, 0.2) is 5.13 Å². The normalized spacial score (nSPS) is 10.0. The van der Waals surface area contributed by atoms with Crippen LogP contribution < -0.4 is 16.2 Å². The summed E-state index contributed by atoms with van der Waals surface area (Å²) < 4.78 is 0. The van der Waals surface area contributed by atoms with Crippen LogP contribution in [-0.4, -0.2) is 22.7 Å². The fraction of sp³-hybridized carbons (Fsp3) is 0.0769. The third-order valence-electron chi connectivity index (χ3n) is 2.49. The first kappa shape index (κ1) is 17.2. The summed E-state index contributed by atoms with van der Waals surface area (Å²) in [7, 11) is 0. The number of rotatable bonds is 3. The van der Waals surface area contributed by atoms with E-state index in [4.69, 9.17) is 23.2 Å². The minimum absolute atomic E-state index is 0.0567. The molecule has 3 amide bonds. The van der Waals surface area contributed by atoms with E-state index >= 15 is 0 Å². The van der Waals surface area contributed by atoms with E-state index in [1.54, 1.807) is 0 Å². The first-order chi connectivity index (χ1) is 10.9. The van der Waals surface area contributed by atoms with Crippen LogP contribution in [0, 0.1) is 0 Å². The first-order valence-electron chi connectivity index (χ1n) is 6.15. The molecule has 0 bridgehead atoms. The van der Waals surface area contributed by atoms with Crippen molar-refractivity contribution in [2.24, 2.45) is 0 Å². The van der Waals surface area contributed by atoms with Gasteiger partial charge in [0.05, 0.1) is 10.6 Å². The molecule has 0 fully saturated rings. The van der Waals surface area contributed by atoms with Crippen molar-refractivity contribution in [1.82, 2.24) is 15.8 Å². The molecule has 1 aromatic carbocycles. The number of amides is 3. The van der Waals surface area contributed by atoms with Crippen LogP contribution in [0.4, 0.5) is 5.13 Å². The number of benzene rings is 1.